The van der Waals surface area contributed by atoms with E-state index in [1.54, 1.807) is 0 Å². The zero-order valence-corrected chi connectivity index (χ0v) is 12.1. The second-order valence-electron chi connectivity index (χ2n) is 5.77. The van der Waals surface area contributed by atoms with Crippen molar-refractivity contribution in [1.82, 2.24) is 4.90 Å². The van der Waals surface area contributed by atoms with Gasteiger partial charge in [0.05, 0.1) is 19.3 Å². The Hall–Kier alpha value is -1.55. The van der Waals surface area contributed by atoms with E-state index in [0.29, 0.717) is 17.9 Å². The van der Waals surface area contributed by atoms with Crippen molar-refractivity contribution in [3.05, 3.63) is 35.4 Å². The highest BCUT2D eigenvalue weighted by molar-refractivity contribution is 5.78. The van der Waals surface area contributed by atoms with Crippen molar-refractivity contribution in [2.24, 2.45) is 10.7 Å². The molecular formula is C16H23N3O. The van der Waals surface area contributed by atoms with Crippen molar-refractivity contribution in [1.29, 1.82) is 0 Å². The fraction of sp³-hybridized carbons (Fsp3) is 0.562. The van der Waals surface area contributed by atoms with E-state index in [4.69, 9.17) is 10.5 Å². The third-order valence-corrected chi connectivity index (χ3v) is 4.39. The van der Waals surface area contributed by atoms with Crippen LogP contribution in [-0.2, 0) is 4.74 Å². The molecule has 0 bridgehead atoms. The lowest BCUT2D eigenvalue weighted by Gasteiger charge is -2.35. The summed E-state index contributed by atoms with van der Waals surface area (Å²) < 4.78 is 5.33. The van der Waals surface area contributed by atoms with Gasteiger partial charge in [-0.25, -0.2) is 4.99 Å². The van der Waals surface area contributed by atoms with Crippen molar-refractivity contribution >= 4 is 5.96 Å². The second kappa shape index (κ2) is 5.83. The Morgan fingerprint density at radius 2 is 1.95 bits per heavy atom. The quantitative estimate of drug-likeness (QED) is 0.661. The normalized spacial score (nSPS) is 27.2. The van der Waals surface area contributed by atoms with Gasteiger partial charge in [-0.3, -0.25) is 0 Å². The van der Waals surface area contributed by atoms with E-state index in [1.165, 1.54) is 11.1 Å². The lowest BCUT2D eigenvalue weighted by Crippen LogP contribution is -2.46. The fourth-order valence-corrected chi connectivity index (χ4v) is 3.05. The van der Waals surface area contributed by atoms with Gasteiger partial charge in [0.25, 0.3) is 0 Å². The topological polar surface area (TPSA) is 50.8 Å². The SMILES string of the molecule is Cc1ccccc1C1CC(N=C(N)N2CCOCC2)C1. The molecule has 2 aliphatic rings. The van der Waals surface area contributed by atoms with Gasteiger partial charge in [-0.05, 0) is 36.8 Å². The first kappa shape index (κ1) is 13.4. The fourth-order valence-electron chi connectivity index (χ4n) is 3.05. The highest BCUT2D eigenvalue weighted by Gasteiger charge is 2.31. The Morgan fingerprint density at radius 1 is 1.25 bits per heavy atom. The van der Waals surface area contributed by atoms with Gasteiger partial charge in [0.15, 0.2) is 5.96 Å². The molecule has 0 spiro atoms. The first-order valence-electron chi connectivity index (χ1n) is 7.45. The molecule has 1 aromatic rings. The van der Waals surface area contributed by atoms with Crippen molar-refractivity contribution in [3.8, 4) is 0 Å². The van der Waals surface area contributed by atoms with E-state index in [-0.39, 0.29) is 0 Å². The van der Waals surface area contributed by atoms with E-state index in [0.717, 1.165) is 39.1 Å². The van der Waals surface area contributed by atoms with Crippen LogP contribution in [0.4, 0.5) is 0 Å². The Balaban J connectivity index is 1.56. The number of ether oxygens (including phenoxy) is 1. The van der Waals surface area contributed by atoms with Crippen LogP contribution in [0, 0.1) is 6.92 Å². The number of nitrogens with zero attached hydrogens (tertiary/aromatic N) is 2. The van der Waals surface area contributed by atoms with Gasteiger partial charge in [-0.15, -0.1) is 0 Å². The Bertz CT molecular complexity index is 488. The van der Waals surface area contributed by atoms with Crippen molar-refractivity contribution in [3.63, 3.8) is 0 Å². The largest absolute Gasteiger partial charge is 0.378 e. The molecule has 2 N–H and O–H groups in total. The number of hydrogen-bond acceptors (Lipinski definition) is 2. The molecule has 3 rings (SSSR count). The minimum atomic E-state index is 0.391. The molecule has 4 heteroatoms. The van der Waals surface area contributed by atoms with E-state index < -0.39 is 0 Å². The van der Waals surface area contributed by atoms with E-state index in [1.807, 2.05) is 0 Å². The van der Waals surface area contributed by atoms with Crippen LogP contribution < -0.4 is 5.73 Å². The summed E-state index contributed by atoms with van der Waals surface area (Å²) in [6.07, 6.45) is 2.24. The van der Waals surface area contributed by atoms with Crippen LogP contribution in [0.15, 0.2) is 29.3 Å². The minimum Gasteiger partial charge on any atom is -0.378 e. The van der Waals surface area contributed by atoms with Gasteiger partial charge in [-0.2, -0.15) is 0 Å². The molecule has 1 saturated carbocycles. The van der Waals surface area contributed by atoms with Gasteiger partial charge < -0.3 is 15.4 Å². The van der Waals surface area contributed by atoms with Crippen LogP contribution in [0.1, 0.15) is 29.9 Å². The second-order valence-corrected chi connectivity index (χ2v) is 5.77. The van der Waals surface area contributed by atoms with E-state index in [2.05, 4.69) is 41.1 Å². The molecule has 0 atom stereocenters. The summed E-state index contributed by atoms with van der Waals surface area (Å²) in [7, 11) is 0. The number of aliphatic imine (C=N–C) groups is 1. The van der Waals surface area contributed by atoms with Gasteiger partial charge >= 0.3 is 0 Å². The Labute approximate surface area is 120 Å². The molecule has 1 aliphatic heterocycles. The monoisotopic (exact) mass is 273 g/mol. The summed E-state index contributed by atoms with van der Waals surface area (Å²) >= 11 is 0. The van der Waals surface area contributed by atoms with Crippen LogP contribution in [0.5, 0.6) is 0 Å². The smallest absolute Gasteiger partial charge is 0.191 e. The van der Waals surface area contributed by atoms with Crippen LogP contribution in [-0.4, -0.2) is 43.2 Å². The van der Waals surface area contributed by atoms with Gasteiger partial charge in [0.2, 0.25) is 0 Å². The first-order valence-corrected chi connectivity index (χ1v) is 7.45. The number of morpholine rings is 1. The van der Waals surface area contributed by atoms with Crippen LogP contribution in [0.2, 0.25) is 0 Å². The molecule has 1 aromatic carbocycles. The maximum atomic E-state index is 6.09. The molecule has 0 unspecified atom stereocenters. The molecule has 2 fully saturated rings. The molecule has 108 valence electrons. The Morgan fingerprint density at radius 3 is 2.65 bits per heavy atom. The molecule has 0 amide bonds. The first-order chi connectivity index (χ1) is 9.74. The van der Waals surface area contributed by atoms with Crippen LogP contribution in [0.3, 0.4) is 0 Å². The maximum absolute atomic E-state index is 6.09. The third-order valence-electron chi connectivity index (χ3n) is 4.39. The lowest BCUT2D eigenvalue weighted by atomic mass is 9.75. The van der Waals surface area contributed by atoms with Crippen molar-refractivity contribution in [2.45, 2.75) is 31.7 Å². The molecule has 1 saturated heterocycles. The van der Waals surface area contributed by atoms with Crippen molar-refractivity contribution < 1.29 is 4.74 Å². The van der Waals surface area contributed by atoms with Gasteiger partial charge in [0, 0.05) is 13.1 Å². The number of guanidine groups is 1. The predicted molar refractivity (Wildman–Crippen MR) is 81.0 cm³/mol. The maximum Gasteiger partial charge on any atom is 0.191 e. The van der Waals surface area contributed by atoms with Gasteiger partial charge in [0.1, 0.15) is 0 Å². The average Bonchev–Trinajstić information content (AvgIpc) is 2.44. The average molecular weight is 273 g/mol. The summed E-state index contributed by atoms with van der Waals surface area (Å²) in [5.74, 6) is 1.35. The van der Waals surface area contributed by atoms with Gasteiger partial charge in [-0.1, -0.05) is 24.3 Å². The zero-order chi connectivity index (χ0) is 13.9. The Kier molecular flexibility index (Phi) is 3.92. The van der Waals surface area contributed by atoms with E-state index in [9.17, 15) is 0 Å². The van der Waals surface area contributed by atoms with Crippen LogP contribution >= 0.6 is 0 Å². The summed E-state index contributed by atoms with van der Waals surface area (Å²) in [5.41, 5.74) is 8.96. The zero-order valence-electron chi connectivity index (χ0n) is 12.1. The summed E-state index contributed by atoms with van der Waals surface area (Å²) in [6.45, 7) is 5.43. The number of nitrogens with two attached hydrogens (primary N) is 1. The lowest BCUT2D eigenvalue weighted by molar-refractivity contribution is 0.0671. The molecule has 4 nitrogen and oxygen atoms in total. The third kappa shape index (κ3) is 2.80. The minimum absolute atomic E-state index is 0.391. The molecule has 0 aromatic heterocycles. The number of benzene rings is 1. The number of rotatable bonds is 2. The predicted octanol–water partition coefficient (Wildman–Crippen LogP) is 1.89. The van der Waals surface area contributed by atoms with E-state index >= 15 is 0 Å². The molecular weight excluding hydrogens is 250 g/mol. The molecule has 0 radical (unpaired) electrons. The van der Waals surface area contributed by atoms with Crippen LogP contribution in [0.25, 0.3) is 0 Å². The standard InChI is InChI=1S/C16H23N3O/c1-12-4-2-3-5-15(12)13-10-14(11-13)18-16(17)19-6-8-20-9-7-19/h2-5,13-14H,6-11H2,1H3,(H2,17,18). The summed E-state index contributed by atoms with van der Waals surface area (Å²) in [4.78, 5) is 6.81. The van der Waals surface area contributed by atoms with Crippen molar-refractivity contribution in [2.75, 3.05) is 26.3 Å². The highest BCUT2D eigenvalue weighted by atomic mass is 16.5. The summed E-state index contributed by atoms with van der Waals surface area (Å²) in [6, 6.07) is 9.05. The number of aryl methyl sites for hydroxylation is 1. The molecule has 1 aliphatic carbocycles. The summed E-state index contributed by atoms with van der Waals surface area (Å²) in [5, 5.41) is 0. The number of hydrogen-bond donors (Lipinski definition) is 1. The molecule has 20 heavy (non-hydrogen) atoms. The highest BCUT2D eigenvalue weighted by Crippen LogP contribution is 2.40. The molecule has 1 heterocycles.